The molecule has 76 heavy (non-hydrogen) atoms. The Bertz CT molecular complexity index is 2560. The summed E-state index contributed by atoms with van der Waals surface area (Å²) in [5, 5.41) is 17.3. The van der Waals surface area contributed by atoms with Gasteiger partial charge in [-0.15, -0.1) is 0 Å². The summed E-state index contributed by atoms with van der Waals surface area (Å²) in [6.07, 6.45) is 1.30. The van der Waals surface area contributed by atoms with Crippen LogP contribution in [0, 0.1) is 11.8 Å². The molecule has 0 aliphatic carbocycles. The highest BCUT2D eigenvalue weighted by Crippen LogP contribution is 2.26. The van der Waals surface area contributed by atoms with Crippen molar-refractivity contribution in [3.8, 4) is 0 Å². The van der Waals surface area contributed by atoms with E-state index in [2.05, 4.69) is 46.9 Å². The number of aromatic amines is 1. The topological polar surface area (TPSA) is 422 Å². The minimum Gasteiger partial charge on any atom is -0.370 e. The molecule has 414 valence electrons. The fourth-order valence-corrected chi connectivity index (χ4v) is 9.07. The number of halogens is 1. The molecule has 1 aliphatic heterocycles. The van der Waals surface area contributed by atoms with E-state index in [1.54, 1.807) is 30.5 Å². The molecule has 25 heteroatoms. The van der Waals surface area contributed by atoms with Gasteiger partial charge >= 0.3 is 0 Å². The first-order chi connectivity index (χ1) is 36.2. The highest BCUT2D eigenvalue weighted by molar-refractivity contribution is 6.30. The third-order valence-electron chi connectivity index (χ3n) is 12.8. The minimum absolute atomic E-state index is 0.00656. The van der Waals surface area contributed by atoms with E-state index in [1.165, 1.54) is 6.92 Å². The number of amides is 7. The Morgan fingerprint density at radius 1 is 0.763 bits per heavy atom. The van der Waals surface area contributed by atoms with Gasteiger partial charge in [-0.2, -0.15) is 0 Å². The molecule has 0 spiro atoms. The number of ketones is 2. The zero-order valence-corrected chi connectivity index (χ0v) is 43.6. The Kier molecular flexibility index (Phi) is 25.1. The lowest BCUT2D eigenvalue weighted by atomic mass is 9.83. The number of hydrogen-bond acceptors (Lipinski definition) is 12. The van der Waals surface area contributed by atoms with Gasteiger partial charge in [0.2, 0.25) is 41.4 Å². The summed E-state index contributed by atoms with van der Waals surface area (Å²) in [4.78, 5) is 136. The fraction of sp³-hybridized carbons (Fsp3) is 0.510. The van der Waals surface area contributed by atoms with Crippen LogP contribution in [-0.4, -0.2) is 126 Å². The van der Waals surface area contributed by atoms with E-state index in [1.807, 2.05) is 24.3 Å². The second-order valence-corrected chi connectivity index (χ2v) is 19.3. The van der Waals surface area contributed by atoms with Gasteiger partial charge in [-0.3, -0.25) is 53.1 Å². The van der Waals surface area contributed by atoms with Crippen molar-refractivity contribution >= 4 is 87.3 Å². The van der Waals surface area contributed by atoms with Gasteiger partial charge < -0.3 is 71.3 Å². The predicted molar refractivity (Wildman–Crippen MR) is 287 cm³/mol. The molecule has 0 radical (unpaired) electrons. The number of nitrogens with zero attached hydrogens (tertiary/aromatic N) is 2. The molecule has 2 heterocycles. The van der Waals surface area contributed by atoms with Crippen molar-refractivity contribution in [2.24, 2.45) is 56.2 Å². The van der Waals surface area contributed by atoms with Crippen molar-refractivity contribution in [1.82, 2.24) is 36.9 Å². The number of para-hydroxylation sites is 1. The lowest BCUT2D eigenvalue weighted by Crippen LogP contribution is -2.58. The molecule has 4 rings (SSSR count). The van der Waals surface area contributed by atoms with Crippen molar-refractivity contribution < 1.29 is 43.2 Å². The molecule has 7 amide bonds. The number of rotatable bonds is 19. The predicted octanol–water partition coefficient (Wildman–Crippen LogP) is -0.777. The normalized spacial score (nSPS) is 21.2. The third-order valence-corrected chi connectivity index (χ3v) is 13.1. The van der Waals surface area contributed by atoms with Crippen molar-refractivity contribution in [2.45, 2.75) is 127 Å². The van der Waals surface area contributed by atoms with Gasteiger partial charge in [0, 0.05) is 79.8 Å². The molecule has 3 aromatic rings. The standard InChI is InChI=1S/C51H74ClN15O9/c1-29(68)63-38(16-8-22-61-51(57)58)47(74)66-40-17-18-44(71)59-20-7-15-37(45(54)72)64-46(73)32(25-33-28-62-36-13-3-2-12-35(33)36)27-42(69)31(10-6-21-60-50(55)56)26-43(70)41(24-30-9-4-11-34(52)23-30)67-48(75)39(14-5-19-53)65-49(40)76/h2-4,9,11-13,23,28,31-32,37-41,62H,5-8,10,14-22,24-27,53H2,1H3,(H2,54,72)(H,59,71)(H,63,68)(H,64,73)(H,65,76)(H,66,74)(H,67,75)(H4,55,56,60)(H4,57,58,61)/t31-,32-,37+,38+,39+,40+,41-/m1/s1. The number of nitrogens with two attached hydrogens (primary N) is 6. The van der Waals surface area contributed by atoms with Crippen LogP contribution in [0.4, 0.5) is 0 Å². The maximum Gasteiger partial charge on any atom is 0.243 e. The summed E-state index contributed by atoms with van der Waals surface area (Å²) in [5.74, 6) is -8.52. The summed E-state index contributed by atoms with van der Waals surface area (Å²) >= 11 is 6.37. The highest BCUT2D eigenvalue weighted by atomic mass is 35.5. The molecular weight excluding hydrogens is 1000 g/mol. The van der Waals surface area contributed by atoms with Gasteiger partial charge in [0.15, 0.2) is 17.7 Å². The number of benzene rings is 2. The van der Waals surface area contributed by atoms with E-state index in [4.69, 9.17) is 46.0 Å². The Balaban J connectivity index is 1.78. The molecule has 24 nitrogen and oxygen atoms in total. The van der Waals surface area contributed by atoms with Crippen LogP contribution in [0.5, 0.6) is 0 Å². The van der Waals surface area contributed by atoms with Gasteiger partial charge in [0.05, 0.1) is 6.04 Å². The summed E-state index contributed by atoms with van der Waals surface area (Å²) in [5.41, 5.74) is 35.8. The van der Waals surface area contributed by atoms with Crippen LogP contribution >= 0.6 is 11.6 Å². The van der Waals surface area contributed by atoms with Crippen LogP contribution in [-0.2, 0) is 56.0 Å². The van der Waals surface area contributed by atoms with Gasteiger partial charge in [-0.1, -0.05) is 41.9 Å². The van der Waals surface area contributed by atoms with Gasteiger partial charge in [-0.25, -0.2) is 0 Å². The number of fused-ring (bicyclic) bond motifs is 1. The van der Waals surface area contributed by atoms with Gasteiger partial charge in [0.1, 0.15) is 30.0 Å². The van der Waals surface area contributed by atoms with E-state index in [9.17, 15) is 43.2 Å². The molecular formula is C51H74ClN15O9. The number of carbonyl (C=O) groups excluding carboxylic acids is 9. The van der Waals surface area contributed by atoms with E-state index >= 15 is 0 Å². The second kappa shape index (κ2) is 31.3. The first-order valence-corrected chi connectivity index (χ1v) is 25.8. The molecule has 1 aromatic heterocycles. The SMILES string of the molecule is CC(=O)N[C@@H](CCCN=C(N)N)C(=O)N[C@H]1CCC(=O)NCCC[C@@H](C(N)=O)NC(=O)[C@H](Cc2c[nH]c3ccccc23)CC(=O)[C@H](CCCN=C(N)N)CC(=O)[C@@H](Cc2cccc(Cl)c2)NC(=O)[C@H](CCCN)NC1=O. The van der Waals surface area contributed by atoms with Crippen molar-refractivity contribution in [1.29, 1.82) is 0 Å². The number of aliphatic imine (C=N–C) groups is 2. The maximum absolute atomic E-state index is 14.8. The Hall–Kier alpha value is -7.60. The van der Waals surface area contributed by atoms with Crippen molar-refractivity contribution in [2.75, 3.05) is 26.2 Å². The lowest BCUT2D eigenvalue weighted by Gasteiger charge is -2.27. The van der Waals surface area contributed by atoms with Crippen LogP contribution in [0.3, 0.4) is 0 Å². The Morgan fingerprint density at radius 2 is 1.46 bits per heavy atom. The van der Waals surface area contributed by atoms with Crippen LogP contribution < -0.4 is 66.3 Å². The maximum atomic E-state index is 14.8. The van der Waals surface area contributed by atoms with Crippen LogP contribution in [0.25, 0.3) is 10.9 Å². The average Bonchev–Trinajstić information content (AvgIpc) is 3.77. The smallest absolute Gasteiger partial charge is 0.243 e. The molecule has 0 bridgehead atoms. The number of carbonyl (C=O) groups is 9. The summed E-state index contributed by atoms with van der Waals surface area (Å²) in [6, 6.07) is 7.53. The van der Waals surface area contributed by atoms with Crippen molar-refractivity contribution in [3.05, 3.63) is 70.9 Å². The molecule has 7 atom stereocenters. The number of aromatic nitrogens is 1. The van der Waals surface area contributed by atoms with Crippen LogP contribution in [0.1, 0.15) is 95.1 Å². The van der Waals surface area contributed by atoms with Crippen LogP contribution in [0.15, 0.2) is 64.7 Å². The molecule has 19 N–H and O–H groups in total. The van der Waals surface area contributed by atoms with E-state index in [0.717, 1.165) is 10.9 Å². The number of primary amides is 1. The summed E-state index contributed by atoms with van der Waals surface area (Å²) in [6.45, 7) is 1.56. The minimum atomic E-state index is -1.46. The van der Waals surface area contributed by atoms with Crippen LogP contribution in [0.2, 0.25) is 5.02 Å². The first kappa shape index (κ1) is 61.0. The zero-order valence-electron chi connectivity index (χ0n) is 42.9. The van der Waals surface area contributed by atoms with Crippen molar-refractivity contribution in [3.63, 3.8) is 0 Å². The summed E-state index contributed by atoms with van der Waals surface area (Å²) in [7, 11) is 0. The van der Waals surface area contributed by atoms with E-state index < -0.39 is 101 Å². The van der Waals surface area contributed by atoms with E-state index in [0.29, 0.717) is 16.1 Å². The lowest BCUT2D eigenvalue weighted by molar-refractivity contribution is -0.135. The Labute approximate surface area is 446 Å². The molecule has 0 unspecified atom stereocenters. The van der Waals surface area contributed by atoms with Gasteiger partial charge in [-0.05, 0) is 106 Å². The highest BCUT2D eigenvalue weighted by Gasteiger charge is 2.35. The first-order valence-electron chi connectivity index (χ1n) is 25.4. The molecule has 1 saturated heterocycles. The quantitative estimate of drug-likeness (QED) is 0.0398. The number of hydrogen-bond donors (Lipinski definition) is 13. The van der Waals surface area contributed by atoms with Gasteiger partial charge in [0.25, 0.3) is 0 Å². The number of H-pyrrole nitrogens is 1. The molecule has 2 aromatic carbocycles. The molecule has 1 aliphatic rings. The second-order valence-electron chi connectivity index (χ2n) is 18.9. The zero-order chi connectivity index (χ0) is 55.7. The molecule has 1 fully saturated rings. The number of nitrogens with one attached hydrogen (secondary N) is 7. The molecule has 0 saturated carbocycles. The third kappa shape index (κ3) is 21.0. The average molecular weight is 1080 g/mol. The fourth-order valence-electron chi connectivity index (χ4n) is 8.85. The number of Topliss-reactive ketones (excluding diaryl/α,β-unsaturated/α-hetero) is 2. The largest absolute Gasteiger partial charge is 0.370 e. The van der Waals surface area contributed by atoms with E-state index in [-0.39, 0.29) is 122 Å². The summed E-state index contributed by atoms with van der Waals surface area (Å²) < 4.78 is 0. The Morgan fingerprint density at radius 3 is 2.14 bits per heavy atom. The number of guanidine groups is 2. The monoisotopic (exact) mass is 1080 g/mol.